The van der Waals surface area contributed by atoms with Crippen molar-refractivity contribution in [2.45, 2.75) is 4.90 Å². The number of nitrogens with zero attached hydrogens (tertiary/aromatic N) is 1. The summed E-state index contributed by atoms with van der Waals surface area (Å²) in [5.74, 6) is -0.190. The summed E-state index contributed by atoms with van der Waals surface area (Å²) in [6.45, 7) is 4.18. The highest BCUT2D eigenvalue weighted by Crippen LogP contribution is 2.24. The molecule has 0 unspecified atom stereocenters. The highest BCUT2D eigenvalue weighted by molar-refractivity contribution is 7.98. The molecule has 0 aliphatic carbocycles. The molecule has 18 heavy (non-hydrogen) atoms. The maximum Gasteiger partial charge on any atom is 0.255 e. The van der Waals surface area contributed by atoms with Crippen molar-refractivity contribution in [3.05, 3.63) is 41.4 Å². The number of hydrogen-bond donors (Lipinski definition) is 1. The Morgan fingerprint density at radius 3 is 2.89 bits per heavy atom. The third-order valence-electron chi connectivity index (χ3n) is 2.41. The fourth-order valence-electron chi connectivity index (χ4n) is 1.52. The van der Waals surface area contributed by atoms with Gasteiger partial charge in [-0.15, -0.1) is 18.3 Å². The normalized spacial score (nSPS) is 10.2. The van der Waals surface area contributed by atoms with Gasteiger partial charge in [0.15, 0.2) is 0 Å². The fraction of sp³-hybridized carbons (Fsp3) is 0.308. The Kier molecular flexibility index (Phi) is 6.25. The van der Waals surface area contributed by atoms with Crippen molar-refractivity contribution in [2.24, 2.45) is 0 Å². The first-order valence-corrected chi connectivity index (χ1v) is 7.09. The van der Waals surface area contributed by atoms with Gasteiger partial charge in [-0.1, -0.05) is 17.7 Å². The van der Waals surface area contributed by atoms with Crippen LogP contribution in [-0.2, 0) is 0 Å². The molecular formula is C13H16ClNO2S. The van der Waals surface area contributed by atoms with Crippen LogP contribution in [0.1, 0.15) is 10.4 Å². The van der Waals surface area contributed by atoms with E-state index < -0.39 is 0 Å². The van der Waals surface area contributed by atoms with Gasteiger partial charge in [0.1, 0.15) is 0 Å². The van der Waals surface area contributed by atoms with Crippen LogP contribution in [0, 0.1) is 0 Å². The van der Waals surface area contributed by atoms with Crippen molar-refractivity contribution in [2.75, 3.05) is 26.0 Å². The van der Waals surface area contributed by atoms with Gasteiger partial charge >= 0.3 is 0 Å². The molecule has 1 N–H and O–H groups in total. The molecule has 0 spiro atoms. The van der Waals surface area contributed by atoms with E-state index in [4.69, 9.17) is 16.7 Å². The zero-order chi connectivity index (χ0) is 13.5. The molecule has 98 valence electrons. The Bertz CT molecular complexity index is 437. The summed E-state index contributed by atoms with van der Waals surface area (Å²) in [6.07, 6.45) is 3.56. The van der Waals surface area contributed by atoms with Crippen LogP contribution in [0.25, 0.3) is 0 Å². The number of thioether (sulfide) groups is 1. The summed E-state index contributed by atoms with van der Waals surface area (Å²) < 4.78 is 0. The maximum atomic E-state index is 12.3. The van der Waals surface area contributed by atoms with Gasteiger partial charge in [-0.25, -0.2) is 0 Å². The van der Waals surface area contributed by atoms with Gasteiger partial charge in [-0.05, 0) is 24.5 Å². The molecule has 0 saturated carbocycles. The van der Waals surface area contributed by atoms with Gasteiger partial charge in [0, 0.05) is 18.0 Å². The van der Waals surface area contributed by atoms with Crippen molar-refractivity contribution >= 4 is 29.3 Å². The van der Waals surface area contributed by atoms with E-state index in [1.807, 2.05) is 12.3 Å². The van der Waals surface area contributed by atoms with Gasteiger partial charge in [-0.2, -0.15) is 0 Å². The third-order valence-corrected chi connectivity index (χ3v) is 3.47. The molecular weight excluding hydrogens is 270 g/mol. The average Bonchev–Trinajstić information content (AvgIpc) is 2.38. The van der Waals surface area contributed by atoms with Crippen LogP contribution in [0.5, 0.6) is 0 Å². The predicted molar refractivity (Wildman–Crippen MR) is 76.4 cm³/mol. The SMILES string of the molecule is C=CCN(CCO)C(=O)c1cc(SC)ccc1Cl. The Hall–Kier alpha value is -0.970. The monoisotopic (exact) mass is 285 g/mol. The molecule has 0 bridgehead atoms. The zero-order valence-corrected chi connectivity index (χ0v) is 11.8. The van der Waals surface area contributed by atoms with Crippen molar-refractivity contribution in [1.29, 1.82) is 0 Å². The van der Waals surface area contributed by atoms with Crippen molar-refractivity contribution in [3.8, 4) is 0 Å². The van der Waals surface area contributed by atoms with Crippen molar-refractivity contribution < 1.29 is 9.90 Å². The number of carbonyl (C=O) groups is 1. The molecule has 3 nitrogen and oxygen atoms in total. The predicted octanol–water partition coefficient (Wildman–Crippen LogP) is 2.68. The van der Waals surface area contributed by atoms with Crippen LogP contribution in [-0.4, -0.2) is 41.9 Å². The lowest BCUT2D eigenvalue weighted by Crippen LogP contribution is -2.33. The first-order valence-electron chi connectivity index (χ1n) is 5.48. The molecule has 1 rings (SSSR count). The van der Waals surface area contributed by atoms with Gasteiger partial charge in [0.25, 0.3) is 5.91 Å². The van der Waals surface area contributed by atoms with Crippen LogP contribution in [0.3, 0.4) is 0 Å². The van der Waals surface area contributed by atoms with Gasteiger partial charge in [0.05, 0.1) is 17.2 Å². The molecule has 0 radical (unpaired) electrons. The van der Waals surface area contributed by atoms with Crippen LogP contribution in [0.2, 0.25) is 5.02 Å². The quantitative estimate of drug-likeness (QED) is 0.645. The third kappa shape index (κ3) is 3.77. The summed E-state index contributed by atoms with van der Waals surface area (Å²) in [5, 5.41) is 9.38. The summed E-state index contributed by atoms with van der Waals surface area (Å²) >= 11 is 7.60. The van der Waals surface area contributed by atoms with E-state index in [0.29, 0.717) is 17.1 Å². The standard InChI is InChI=1S/C13H16ClNO2S/c1-3-6-15(7-8-16)13(17)11-9-10(18-2)4-5-12(11)14/h3-5,9,16H,1,6-8H2,2H3. The maximum absolute atomic E-state index is 12.3. The van der Waals surface area contributed by atoms with Gasteiger partial charge < -0.3 is 10.0 Å². The van der Waals surface area contributed by atoms with Gasteiger partial charge in [0.2, 0.25) is 0 Å². The largest absolute Gasteiger partial charge is 0.395 e. The molecule has 0 atom stereocenters. The second kappa shape index (κ2) is 7.46. The minimum Gasteiger partial charge on any atom is -0.395 e. The van der Waals surface area contributed by atoms with Crippen LogP contribution in [0.4, 0.5) is 0 Å². The molecule has 0 saturated heterocycles. The first kappa shape index (κ1) is 15.1. The van der Waals surface area contributed by atoms with E-state index >= 15 is 0 Å². The molecule has 0 fully saturated rings. The molecule has 1 aromatic rings. The molecule has 5 heteroatoms. The minimum absolute atomic E-state index is 0.0839. The molecule has 1 aromatic carbocycles. The topological polar surface area (TPSA) is 40.5 Å². The average molecular weight is 286 g/mol. The van der Waals surface area contributed by atoms with E-state index in [0.717, 1.165) is 4.90 Å². The number of aliphatic hydroxyl groups excluding tert-OH is 1. The lowest BCUT2D eigenvalue weighted by molar-refractivity contribution is 0.0743. The van der Waals surface area contributed by atoms with Crippen LogP contribution < -0.4 is 0 Å². The van der Waals surface area contributed by atoms with Gasteiger partial charge in [-0.3, -0.25) is 4.79 Å². The first-order chi connectivity index (χ1) is 8.63. The number of carbonyl (C=O) groups excluding carboxylic acids is 1. The molecule has 0 heterocycles. The highest BCUT2D eigenvalue weighted by atomic mass is 35.5. The number of halogens is 1. The van der Waals surface area contributed by atoms with Crippen LogP contribution in [0.15, 0.2) is 35.7 Å². The minimum atomic E-state index is -0.190. The number of rotatable bonds is 6. The number of benzene rings is 1. The lowest BCUT2D eigenvalue weighted by Gasteiger charge is -2.20. The van der Waals surface area contributed by atoms with Crippen molar-refractivity contribution in [3.63, 3.8) is 0 Å². The Morgan fingerprint density at radius 2 is 2.33 bits per heavy atom. The number of aliphatic hydroxyl groups is 1. The summed E-state index contributed by atoms with van der Waals surface area (Å²) in [4.78, 5) is 14.8. The second-order valence-electron chi connectivity index (χ2n) is 3.61. The Labute approximate surface area is 116 Å². The van der Waals surface area contributed by atoms with E-state index in [1.165, 1.54) is 4.90 Å². The number of amides is 1. The summed E-state index contributed by atoms with van der Waals surface area (Å²) in [6, 6.07) is 5.35. The van der Waals surface area contributed by atoms with E-state index in [2.05, 4.69) is 6.58 Å². The number of hydrogen-bond acceptors (Lipinski definition) is 3. The van der Waals surface area contributed by atoms with Crippen LogP contribution >= 0.6 is 23.4 Å². The fourth-order valence-corrected chi connectivity index (χ4v) is 2.16. The smallest absolute Gasteiger partial charge is 0.255 e. The highest BCUT2D eigenvalue weighted by Gasteiger charge is 2.17. The van der Waals surface area contributed by atoms with Crippen molar-refractivity contribution in [1.82, 2.24) is 4.90 Å². The molecule has 0 aliphatic rings. The van der Waals surface area contributed by atoms with E-state index in [-0.39, 0.29) is 19.1 Å². The Morgan fingerprint density at radius 1 is 1.61 bits per heavy atom. The summed E-state index contributed by atoms with van der Waals surface area (Å²) in [7, 11) is 0. The molecule has 0 aliphatic heterocycles. The lowest BCUT2D eigenvalue weighted by atomic mass is 10.2. The molecule has 0 aromatic heterocycles. The second-order valence-corrected chi connectivity index (χ2v) is 4.90. The van der Waals surface area contributed by atoms with E-state index in [1.54, 1.807) is 30.0 Å². The summed E-state index contributed by atoms with van der Waals surface area (Å²) in [5.41, 5.74) is 0.457. The van der Waals surface area contributed by atoms with E-state index in [9.17, 15) is 4.79 Å². The Balaban J connectivity index is 3.02. The zero-order valence-electron chi connectivity index (χ0n) is 10.2. The molecule has 1 amide bonds.